The Morgan fingerprint density at radius 3 is 2.38 bits per heavy atom. The molecule has 0 fully saturated rings. The molecule has 7 heteroatoms. The first-order chi connectivity index (χ1) is 11.3. The molecule has 0 heterocycles. The van der Waals surface area contributed by atoms with Gasteiger partial charge in [0.2, 0.25) is 0 Å². The minimum atomic E-state index is -0.502. The van der Waals surface area contributed by atoms with Crippen LogP contribution in [0.15, 0.2) is 24.3 Å². The molecule has 0 aromatic heterocycles. The van der Waals surface area contributed by atoms with Crippen molar-refractivity contribution in [3.63, 3.8) is 0 Å². The molecule has 24 heavy (non-hydrogen) atoms. The quantitative estimate of drug-likeness (QED) is 0.329. The third kappa shape index (κ3) is 8.38. The molecule has 1 aromatic carbocycles. The Morgan fingerprint density at radius 1 is 1.17 bits per heavy atom. The van der Waals surface area contributed by atoms with Gasteiger partial charge in [-0.1, -0.05) is 0 Å². The Bertz CT molecular complexity index is 524. The Morgan fingerprint density at radius 2 is 1.79 bits per heavy atom. The summed E-state index contributed by atoms with van der Waals surface area (Å²) in [6.07, 6.45) is 0.246. The van der Waals surface area contributed by atoms with Crippen molar-refractivity contribution in [1.82, 2.24) is 10.6 Å². The van der Waals surface area contributed by atoms with Gasteiger partial charge in [-0.05, 0) is 51.5 Å². The predicted octanol–water partition coefficient (Wildman–Crippen LogP) is 1.89. The van der Waals surface area contributed by atoms with Crippen LogP contribution in [0.3, 0.4) is 0 Å². The van der Waals surface area contributed by atoms with Crippen LogP contribution in [0.1, 0.15) is 32.8 Å². The Hall–Kier alpha value is -2.28. The fourth-order valence-electron chi connectivity index (χ4n) is 1.79. The molecular weight excluding hydrogens is 310 g/mol. The number of amidine groups is 1. The number of alkyl carbamates (subject to hydrolysis) is 1. The van der Waals surface area contributed by atoms with E-state index in [1.165, 1.54) is 0 Å². The molecule has 4 N–H and O–H groups in total. The zero-order chi connectivity index (χ0) is 18.0. The number of ether oxygens (including phenoxy) is 2. The maximum atomic E-state index is 11.5. The summed E-state index contributed by atoms with van der Waals surface area (Å²) in [5.41, 5.74) is 0.240. The van der Waals surface area contributed by atoms with Crippen molar-refractivity contribution in [3.05, 3.63) is 29.8 Å². The smallest absolute Gasteiger partial charge is 0.407 e. The Labute approximate surface area is 142 Å². The number of aliphatic hydroxyl groups excluding tert-OH is 1. The van der Waals surface area contributed by atoms with E-state index in [0.717, 1.165) is 5.56 Å². The normalized spacial score (nSPS) is 10.8. The molecule has 1 rings (SSSR count). The maximum Gasteiger partial charge on any atom is 0.407 e. The highest BCUT2D eigenvalue weighted by atomic mass is 16.6. The fourth-order valence-corrected chi connectivity index (χ4v) is 1.79. The molecular formula is C17H27N3O4. The van der Waals surface area contributed by atoms with E-state index < -0.39 is 11.7 Å². The minimum absolute atomic E-state index is 0.0313. The Kier molecular flexibility index (Phi) is 8.05. The van der Waals surface area contributed by atoms with Crippen LogP contribution in [-0.2, 0) is 4.74 Å². The van der Waals surface area contributed by atoms with Gasteiger partial charge in [-0.2, -0.15) is 0 Å². The number of amides is 1. The van der Waals surface area contributed by atoms with Gasteiger partial charge in [0.05, 0.1) is 6.61 Å². The first kappa shape index (κ1) is 19.8. The van der Waals surface area contributed by atoms with E-state index in [9.17, 15) is 4.79 Å². The topological polar surface area (TPSA) is 104 Å². The lowest BCUT2D eigenvalue weighted by Crippen LogP contribution is -2.34. The molecule has 0 bridgehead atoms. The largest absolute Gasteiger partial charge is 0.491 e. The number of hydrogen-bond acceptors (Lipinski definition) is 5. The molecule has 7 nitrogen and oxygen atoms in total. The van der Waals surface area contributed by atoms with E-state index in [1.54, 1.807) is 24.3 Å². The van der Waals surface area contributed by atoms with Gasteiger partial charge in [0.1, 0.15) is 23.8 Å². The van der Waals surface area contributed by atoms with Crippen molar-refractivity contribution in [2.24, 2.45) is 0 Å². The van der Waals surface area contributed by atoms with E-state index in [-0.39, 0.29) is 13.2 Å². The summed E-state index contributed by atoms with van der Waals surface area (Å²) in [6.45, 7) is 6.71. The maximum absolute atomic E-state index is 11.5. The average Bonchev–Trinajstić information content (AvgIpc) is 2.51. The highest BCUT2D eigenvalue weighted by molar-refractivity contribution is 5.96. The van der Waals surface area contributed by atoms with Crippen molar-refractivity contribution in [3.8, 4) is 5.75 Å². The average molecular weight is 337 g/mol. The number of nitrogens with one attached hydrogen (secondary N) is 3. The summed E-state index contributed by atoms with van der Waals surface area (Å²) in [5, 5.41) is 22.3. The lowest BCUT2D eigenvalue weighted by atomic mass is 10.2. The number of aliphatic hydroxyl groups is 1. The van der Waals surface area contributed by atoms with Crippen LogP contribution in [-0.4, -0.2) is 48.9 Å². The Balaban J connectivity index is 2.23. The van der Waals surface area contributed by atoms with Gasteiger partial charge >= 0.3 is 6.09 Å². The van der Waals surface area contributed by atoms with Gasteiger partial charge in [0, 0.05) is 18.7 Å². The number of rotatable bonds is 8. The van der Waals surface area contributed by atoms with Gasteiger partial charge < -0.3 is 25.2 Å². The zero-order valence-corrected chi connectivity index (χ0v) is 14.5. The molecule has 1 amide bonds. The van der Waals surface area contributed by atoms with Crippen LogP contribution < -0.4 is 15.4 Å². The second-order valence-electron chi connectivity index (χ2n) is 6.18. The summed E-state index contributed by atoms with van der Waals surface area (Å²) in [7, 11) is 0. The highest BCUT2D eigenvalue weighted by Crippen LogP contribution is 2.12. The number of carbonyl (C=O) groups excluding carboxylic acids is 1. The minimum Gasteiger partial charge on any atom is -0.491 e. The number of hydrogen-bond donors (Lipinski definition) is 4. The van der Waals surface area contributed by atoms with E-state index in [2.05, 4.69) is 10.6 Å². The molecule has 0 aliphatic heterocycles. The van der Waals surface area contributed by atoms with Crippen LogP contribution >= 0.6 is 0 Å². The van der Waals surface area contributed by atoms with Crippen LogP contribution in [0.5, 0.6) is 5.75 Å². The third-order valence-corrected chi connectivity index (χ3v) is 2.83. The molecule has 134 valence electrons. The van der Waals surface area contributed by atoms with Crippen molar-refractivity contribution < 1.29 is 19.4 Å². The third-order valence-electron chi connectivity index (χ3n) is 2.83. The SMILES string of the molecule is CC(C)(C)OC(=O)NCCCNC(=N)c1ccc(OCCO)cc1. The first-order valence-corrected chi connectivity index (χ1v) is 7.95. The van der Waals surface area contributed by atoms with Gasteiger partial charge in [0.25, 0.3) is 0 Å². The molecule has 0 aliphatic carbocycles. The summed E-state index contributed by atoms with van der Waals surface area (Å²) >= 11 is 0. The molecule has 0 atom stereocenters. The van der Waals surface area contributed by atoms with Crippen LogP contribution in [0.25, 0.3) is 0 Å². The predicted molar refractivity (Wildman–Crippen MR) is 92.7 cm³/mol. The standard InChI is InChI=1S/C17H27N3O4/c1-17(2,3)24-16(22)20-10-4-9-19-15(18)13-5-7-14(8-6-13)23-12-11-21/h5-8,21H,4,9-12H2,1-3H3,(H2,18,19)(H,20,22). The van der Waals surface area contributed by atoms with E-state index in [0.29, 0.717) is 31.1 Å². The second kappa shape index (κ2) is 9.77. The molecule has 0 aliphatic rings. The lowest BCUT2D eigenvalue weighted by molar-refractivity contribution is 0.0527. The van der Waals surface area contributed by atoms with E-state index in [4.69, 9.17) is 20.0 Å². The highest BCUT2D eigenvalue weighted by Gasteiger charge is 2.15. The van der Waals surface area contributed by atoms with Crippen molar-refractivity contribution in [1.29, 1.82) is 5.41 Å². The van der Waals surface area contributed by atoms with E-state index >= 15 is 0 Å². The second-order valence-corrected chi connectivity index (χ2v) is 6.18. The van der Waals surface area contributed by atoms with Gasteiger partial charge in [-0.15, -0.1) is 0 Å². The van der Waals surface area contributed by atoms with Crippen molar-refractivity contribution in [2.45, 2.75) is 32.8 Å². The summed E-state index contributed by atoms with van der Waals surface area (Å²) in [5.74, 6) is 0.961. The van der Waals surface area contributed by atoms with Crippen molar-refractivity contribution >= 4 is 11.9 Å². The summed E-state index contributed by atoms with van der Waals surface area (Å²) in [6, 6.07) is 7.07. The number of carbonyl (C=O) groups is 1. The number of benzene rings is 1. The van der Waals surface area contributed by atoms with Gasteiger partial charge in [-0.25, -0.2) is 4.79 Å². The van der Waals surface area contributed by atoms with Crippen molar-refractivity contribution in [2.75, 3.05) is 26.3 Å². The molecule has 0 radical (unpaired) electrons. The fraction of sp³-hybridized carbons (Fsp3) is 0.529. The zero-order valence-electron chi connectivity index (χ0n) is 14.5. The van der Waals surface area contributed by atoms with Crippen LogP contribution in [0.2, 0.25) is 0 Å². The lowest BCUT2D eigenvalue weighted by Gasteiger charge is -2.19. The van der Waals surface area contributed by atoms with Gasteiger partial charge in [0.15, 0.2) is 0 Å². The van der Waals surface area contributed by atoms with Crippen LogP contribution in [0, 0.1) is 5.41 Å². The molecule has 0 unspecified atom stereocenters. The molecule has 0 saturated heterocycles. The van der Waals surface area contributed by atoms with E-state index in [1.807, 2.05) is 20.8 Å². The van der Waals surface area contributed by atoms with Gasteiger partial charge in [-0.3, -0.25) is 5.41 Å². The summed E-state index contributed by atoms with van der Waals surface area (Å²) < 4.78 is 10.4. The first-order valence-electron chi connectivity index (χ1n) is 7.95. The monoisotopic (exact) mass is 337 g/mol. The molecule has 1 aromatic rings. The molecule has 0 saturated carbocycles. The van der Waals surface area contributed by atoms with Crippen LogP contribution in [0.4, 0.5) is 4.79 Å². The summed E-state index contributed by atoms with van der Waals surface area (Å²) in [4.78, 5) is 11.5. The molecule has 0 spiro atoms.